The lowest BCUT2D eigenvalue weighted by atomic mass is 10.2. The smallest absolute Gasteiger partial charge is 0.274 e. The van der Waals surface area contributed by atoms with Crippen molar-refractivity contribution >= 4 is 5.91 Å². The fourth-order valence-corrected chi connectivity index (χ4v) is 2.56. The first-order valence-electron chi connectivity index (χ1n) is 6.83. The molecule has 1 amide bonds. The van der Waals surface area contributed by atoms with E-state index < -0.39 is 0 Å². The second kappa shape index (κ2) is 6.16. The van der Waals surface area contributed by atoms with Gasteiger partial charge in [-0.25, -0.2) is 4.98 Å². The van der Waals surface area contributed by atoms with Gasteiger partial charge in [0.2, 0.25) is 0 Å². The van der Waals surface area contributed by atoms with E-state index in [-0.39, 0.29) is 11.9 Å². The van der Waals surface area contributed by atoms with Crippen LogP contribution in [0.3, 0.4) is 0 Å². The van der Waals surface area contributed by atoms with Crippen LogP contribution in [0.1, 0.15) is 23.8 Å². The molecule has 0 bridgehead atoms. The number of carbonyl (C=O) groups excluding carboxylic acids is 1. The minimum absolute atomic E-state index is 0.0265. The van der Waals surface area contributed by atoms with Crippen LogP contribution in [0.4, 0.5) is 0 Å². The first-order chi connectivity index (χ1) is 9.11. The van der Waals surface area contributed by atoms with Crippen molar-refractivity contribution < 1.29 is 4.79 Å². The lowest BCUT2D eigenvalue weighted by Gasteiger charge is -2.27. The number of imidazole rings is 1. The van der Waals surface area contributed by atoms with Crippen LogP contribution in [-0.4, -0.2) is 64.5 Å². The minimum atomic E-state index is 0.0265. The first-order valence-corrected chi connectivity index (χ1v) is 6.83. The summed E-state index contributed by atoms with van der Waals surface area (Å²) in [6.45, 7) is 6.09. The third kappa shape index (κ3) is 3.33. The fourth-order valence-electron chi connectivity index (χ4n) is 2.56. The Bertz CT molecular complexity index is 430. The van der Waals surface area contributed by atoms with E-state index in [0.717, 1.165) is 26.1 Å². The highest BCUT2D eigenvalue weighted by molar-refractivity contribution is 5.92. The molecule has 6 heteroatoms. The molecule has 0 saturated carbocycles. The van der Waals surface area contributed by atoms with E-state index in [0.29, 0.717) is 18.8 Å². The first kappa shape index (κ1) is 14.0. The van der Waals surface area contributed by atoms with Crippen LogP contribution in [0.15, 0.2) is 12.5 Å². The molecule has 106 valence electrons. The van der Waals surface area contributed by atoms with Crippen LogP contribution in [0.25, 0.3) is 0 Å². The molecule has 1 saturated heterocycles. The zero-order valence-corrected chi connectivity index (χ0v) is 11.7. The molecule has 1 unspecified atom stereocenters. The number of nitrogens with two attached hydrogens (primary N) is 1. The molecule has 1 aromatic heterocycles. The van der Waals surface area contributed by atoms with Gasteiger partial charge >= 0.3 is 0 Å². The predicted molar refractivity (Wildman–Crippen MR) is 73.9 cm³/mol. The Balaban J connectivity index is 2.08. The van der Waals surface area contributed by atoms with E-state index in [1.54, 1.807) is 12.5 Å². The van der Waals surface area contributed by atoms with E-state index in [2.05, 4.69) is 23.9 Å². The molecule has 1 atom stereocenters. The lowest BCUT2D eigenvalue weighted by Crippen LogP contribution is -2.42. The van der Waals surface area contributed by atoms with Crippen LogP contribution >= 0.6 is 0 Å². The van der Waals surface area contributed by atoms with Gasteiger partial charge in [0.1, 0.15) is 5.69 Å². The molecule has 1 aliphatic rings. The Kier molecular flexibility index (Phi) is 4.55. The molecule has 0 radical (unpaired) electrons. The summed E-state index contributed by atoms with van der Waals surface area (Å²) in [5.74, 6) is 0.0265. The molecule has 1 fully saturated rings. The molecule has 2 rings (SSSR count). The van der Waals surface area contributed by atoms with Crippen molar-refractivity contribution in [2.24, 2.45) is 5.73 Å². The highest BCUT2D eigenvalue weighted by Crippen LogP contribution is 2.12. The van der Waals surface area contributed by atoms with Crippen LogP contribution in [0.2, 0.25) is 0 Å². The number of carbonyl (C=O) groups is 1. The zero-order valence-electron chi connectivity index (χ0n) is 11.7. The number of hydrogen-bond acceptors (Lipinski definition) is 4. The Morgan fingerprint density at radius 3 is 3.05 bits per heavy atom. The van der Waals surface area contributed by atoms with Gasteiger partial charge in [-0.3, -0.25) is 4.79 Å². The Hall–Kier alpha value is -1.40. The largest absolute Gasteiger partial charge is 0.335 e. The van der Waals surface area contributed by atoms with Crippen molar-refractivity contribution in [3.8, 4) is 0 Å². The molecule has 0 aromatic carbocycles. The van der Waals surface area contributed by atoms with E-state index >= 15 is 0 Å². The van der Waals surface area contributed by atoms with Crippen LogP contribution in [0, 0.1) is 0 Å². The van der Waals surface area contributed by atoms with Crippen LogP contribution < -0.4 is 5.73 Å². The number of aromatic nitrogens is 2. The Morgan fingerprint density at radius 1 is 1.53 bits per heavy atom. The number of rotatable bonds is 3. The molecule has 19 heavy (non-hydrogen) atoms. The van der Waals surface area contributed by atoms with Gasteiger partial charge in [-0.15, -0.1) is 0 Å². The summed E-state index contributed by atoms with van der Waals surface area (Å²) in [4.78, 5) is 20.9. The topological polar surface area (TPSA) is 67.4 Å². The summed E-state index contributed by atoms with van der Waals surface area (Å²) in [5, 5.41) is 0. The molecule has 1 aromatic rings. The van der Waals surface area contributed by atoms with Crippen molar-refractivity contribution in [3.63, 3.8) is 0 Å². The summed E-state index contributed by atoms with van der Waals surface area (Å²) in [6.07, 6.45) is 4.47. The van der Waals surface area contributed by atoms with Gasteiger partial charge < -0.3 is 20.1 Å². The quantitative estimate of drug-likeness (QED) is 0.836. The molecule has 2 heterocycles. The molecule has 1 aliphatic heterocycles. The van der Waals surface area contributed by atoms with Crippen molar-refractivity contribution in [3.05, 3.63) is 18.2 Å². The van der Waals surface area contributed by atoms with Gasteiger partial charge in [0.25, 0.3) is 5.91 Å². The van der Waals surface area contributed by atoms with Gasteiger partial charge in [0.15, 0.2) is 0 Å². The summed E-state index contributed by atoms with van der Waals surface area (Å²) < 4.78 is 1.86. The van der Waals surface area contributed by atoms with E-state index in [4.69, 9.17) is 5.73 Å². The maximum atomic E-state index is 12.5. The lowest BCUT2D eigenvalue weighted by molar-refractivity contribution is 0.0691. The van der Waals surface area contributed by atoms with Crippen LogP contribution in [0.5, 0.6) is 0 Å². The summed E-state index contributed by atoms with van der Waals surface area (Å²) >= 11 is 0. The molecular weight excluding hydrogens is 242 g/mol. The SMILES string of the molecule is CC1CN(C)CCCN1C(=O)c1cn(CCN)cn1. The van der Waals surface area contributed by atoms with E-state index in [1.807, 2.05) is 9.47 Å². The van der Waals surface area contributed by atoms with Crippen molar-refractivity contribution in [1.29, 1.82) is 0 Å². The van der Waals surface area contributed by atoms with Crippen molar-refractivity contribution in [2.45, 2.75) is 25.9 Å². The van der Waals surface area contributed by atoms with Gasteiger partial charge in [-0.05, 0) is 26.9 Å². The number of amides is 1. The number of hydrogen-bond donors (Lipinski definition) is 1. The number of nitrogens with zero attached hydrogens (tertiary/aromatic N) is 4. The maximum absolute atomic E-state index is 12.5. The highest BCUT2D eigenvalue weighted by Gasteiger charge is 2.26. The van der Waals surface area contributed by atoms with Gasteiger partial charge in [-0.1, -0.05) is 0 Å². The van der Waals surface area contributed by atoms with E-state index in [9.17, 15) is 4.79 Å². The van der Waals surface area contributed by atoms with Gasteiger partial charge in [0, 0.05) is 38.4 Å². The Labute approximate surface area is 114 Å². The summed E-state index contributed by atoms with van der Waals surface area (Å²) in [6, 6.07) is 0.222. The monoisotopic (exact) mass is 265 g/mol. The standard InChI is InChI=1S/C13H23N5O/c1-11-8-16(2)5-3-6-18(11)13(19)12-9-17(7-4-14)10-15-12/h9-11H,3-8,14H2,1-2H3. The van der Waals surface area contributed by atoms with Crippen LogP contribution in [-0.2, 0) is 6.54 Å². The van der Waals surface area contributed by atoms with E-state index in [1.165, 1.54) is 0 Å². The number of likely N-dealkylation sites (N-methyl/N-ethyl adjacent to an activating group) is 1. The maximum Gasteiger partial charge on any atom is 0.274 e. The van der Waals surface area contributed by atoms with Crippen molar-refractivity contribution in [1.82, 2.24) is 19.4 Å². The summed E-state index contributed by atoms with van der Waals surface area (Å²) in [7, 11) is 2.10. The van der Waals surface area contributed by atoms with Gasteiger partial charge in [0.05, 0.1) is 6.33 Å². The highest BCUT2D eigenvalue weighted by atomic mass is 16.2. The Morgan fingerprint density at radius 2 is 2.32 bits per heavy atom. The third-order valence-corrected chi connectivity index (χ3v) is 3.55. The molecular formula is C13H23N5O. The average Bonchev–Trinajstić information content (AvgIpc) is 2.75. The molecule has 0 aliphatic carbocycles. The second-order valence-electron chi connectivity index (χ2n) is 5.25. The fraction of sp³-hybridized carbons (Fsp3) is 0.692. The minimum Gasteiger partial charge on any atom is -0.335 e. The summed E-state index contributed by atoms with van der Waals surface area (Å²) in [5.41, 5.74) is 6.02. The average molecular weight is 265 g/mol. The van der Waals surface area contributed by atoms with Crippen molar-refractivity contribution in [2.75, 3.05) is 33.2 Å². The molecule has 6 nitrogen and oxygen atoms in total. The predicted octanol–water partition coefficient (Wildman–Crippen LogP) is 0.00800. The second-order valence-corrected chi connectivity index (χ2v) is 5.25. The third-order valence-electron chi connectivity index (χ3n) is 3.55. The molecule has 0 spiro atoms. The molecule has 2 N–H and O–H groups in total. The van der Waals surface area contributed by atoms with Gasteiger partial charge in [-0.2, -0.15) is 0 Å². The normalized spacial score (nSPS) is 21.4. The zero-order chi connectivity index (χ0) is 13.8.